The molecule has 1 aromatic heterocycles. The lowest BCUT2D eigenvalue weighted by molar-refractivity contribution is 0.0374. The molecule has 0 unspecified atom stereocenters. The van der Waals surface area contributed by atoms with Crippen molar-refractivity contribution in [2.75, 3.05) is 32.8 Å². The summed E-state index contributed by atoms with van der Waals surface area (Å²) in [6.45, 7) is 5.07. The Hall–Kier alpha value is -0.160. The van der Waals surface area contributed by atoms with Gasteiger partial charge in [-0.25, -0.2) is 4.98 Å². The van der Waals surface area contributed by atoms with Crippen LogP contribution >= 0.6 is 22.9 Å². The topological polar surface area (TPSA) is 25.4 Å². The first-order valence-electron chi connectivity index (χ1n) is 5.68. The molecule has 3 nitrogen and oxygen atoms in total. The van der Waals surface area contributed by atoms with Crippen LogP contribution in [0.4, 0.5) is 0 Å². The van der Waals surface area contributed by atoms with Gasteiger partial charge in [-0.15, -0.1) is 22.9 Å². The third kappa shape index (κ3) is 3.70. The molecule has 1 fully saturated rings. The van der Waals surface area contributed by atoms with E-state index in [1.54, 1.807) is 11.3 Å². The zero-order valence-electron chi connectivity index (χ0n) is 9.32. The van der Waals surface area contributed by atoms with Crippen LogP contribution in [0, 0.1) is 0 Å². The Kier molecular flexibility index (Phi) is 5.03. The van der Waals surface area contributed by atoms with Gasteiger partial charge in [0.2, 0.25) is 0 Å². The highest BCUT2D eigenvalue weighted by molar-refractivity contribution is 7.09. The van der Waals surface area contributed by atoms with E-state index >= 15 is 0 Å². The van der Waals surface area contributed by atoms with Gasteiger partial charge in [-0.05, 0) is 13.0 Å². The second-order valence-electron chi connectivity index (χ2n) is 3.92. The van der Waals surface area contributed by atoms with E-state index in [0.29, 0.717) is 5.88 Å². The molecule has 0 aliphatic carbocycles. The van der Waals surface area contributed by atoms with Crippen LogP contribution in [0.15, 0.2) is 5.38 Å². The molecule has 1 aliphatic heterocycles. The Balaban J connectivity index is 1.66. The van der Waals surface area contributed by atoms with Crippen molar-refractivity contribution in [1.82, 2.24) is 9.88 Å². The molecule has 0 radical (unpaired) electrons. The SMILES string of the molecule is ClCc1csc(CCCN2CCOCC2)n1. The average molecular weight is 261 g/mol. The minimum Gasteiger partial charge on any atom is -0.379 e. The van der Waals surface area contributed by atoms with Gasteiger partial charge in [0, 0.05) is 24.9 Å². The number of hydrogen-bond acceptors (Lipinski definition) is 4. The number of alkyl halides is 1. The second-order valence-corrected chi connectivity index (χ2v) is 5.13. The number of morpholine rings is 1. The normalized spacial score (nSPS) is 17.8. The maximum atomic E-state index is 5.72. The Morgan fingerprint density at radius 2 is 2.25 bits per heavy atom. The Labute approximate surface area is 105 Å². The number of nitrogens with zero attached hydrogens (tertiary/aromatic N) is 2. The molecule has 0 N–H and O–H groups in total. The lowest BCUT2D eigenvalue weighted by Gasteiger charge is -2.26. The van der Waals surface area contributed by atoms with E-state index in [-0.39, 0.29) is 0 Å². The fraction of sp³-hybridized carbons (Fsp3) is 0.727. The molecule has 2 heterocycles. The van der Waals surface area contributed by atoms with E-state index in [0.717, 1.165) is 45.0 Å². The highest BCUT2D eigenvalue weighted by atomic mass is 35.5. The van der Waals surface area contributed by atoms with Crippen molar-refractivity contribution in [3.8, 4) is 0 Å². The zero-order valence-corrected chi connectivity index (χ0v) is 10.9. The largest absolute Gasteiger partial charge is 0.379 e. The van der Waals surface area contributed by atoms with E-state index in [1.165, 1.54) is 11.4 Å². The number of hydrogen-bond donors (Lipinski definition) is 0. The highest BCUT2D eigenvalue weighted by Crippen LogP contribution is 2.13. The third-order valence-corrected chi connectivity index (χ3v) is 3.94. The number of thiazole rings is 1. The van der Waals surface area contributed by atoms with Crippen molar-refractivity contribution in [1.29, 1.82) is 0 Å². The van der Waals surface area contributed by atoms with Gasteiger partial charge in [0.15, 0.2) is 0 Å². The first kappa shape index (κ1) is 12.3. The molecule has 0 atom stereocenters. The van der Waals surface area contributed by atoms with Crippen LogP contribution < -0.4 is 0 Å². The van der Waals surface area contributed by atoms with Gasteiger partial charge in [0.25, 0.3) is 0 Å². The van der Waals surface area contributed by atoms with Crippen LogP contribution in [0.25, 0.3) is 0 Å². The molecule has 1 aromatic rings. The molecule has 1 saturated heterocycles. The molecule has 5 heteroatoms. The zero-order chi connectivity index (χ0) is 11.2. The summed E-state index contributed by atoms with van der Waals surface area (Å²) in [6, 6.07) is 0. The van der Waals surface area contributed by atoms with Crippen LogP contribution in [-0.4, -0.2) is 42.7 Å². The molecule has 1 aliphatic rings. The summed E-state index contributed by atoms with van der Waals surface area (Å²) >= 11 is 7.44. The van der Waals surface area contributed by atoms with Gasteiger partial charge >= 0.3 is 0 Å². The molecular weight excluding hydrogens is 244 g/mol. The lowest BCUT2D eigenvalue weighted by atomic mass is 10.3. The summed E-state index contributed by atoms with van der Waals surface area (Å²) in [5.41, 5.74) is 1.01. The monoisotopic (exact) mass is 260 g/mol. The van der Waals surface area contributed by atoms with E-state index in [9.17, 15) is 0 Å². The summed E-state index contributed by atoms with van der Waals surface area (Å²) in [5.74, 6) is 0.528. The van der Waals surface area contributed by atoms with Gasteiger partial charge in [-0.1, -0.05) is 0 Å². The summed E-state index contributed by atoms with van der Waals surface area (Å²) in [7, 11) is 0. The van der Waals surface area contributed by atoms with E-state index in [1.807, 2.05) is 0 Å². The number of rotatable bonds is 5. The Morgan fingerprint density at radius 1 is 1.44 bits per heavy atom. The van der Waals surface area contributed by atoms with Crippen LogP contribution in [0.2, 0.25) is 0 Å². The summed E-state index contributed by atoms with van der Waals surface area (Å²) in [5, 5.41) is 3.26. The van der Waals surface area contributed by atoms with Crippen molar-refractivity contribution in [3.63, 3.8) is 0 Å². The van der Waals surface area contributed by atoms with Crippen LogP contribution in [0.1, 0.15) is 17.1 Å². The molecule has 16 heavy (non-hydrogen) atoms. The number of ether oxygens (including phenoxy) is 1. The van der Waals surface area contributed by atoms with Crippen LogP contribution in [0.5, 0.6) is 0 Å². The minimum atomic E-state index is 0.528. The summed E-state index contributed by atoms with van der Waals surface area (Å²) in [6.07, 6.45) is 2.24. The number of aryl methyl sites for hydroxylation is 1. The molecule has 0 aromatic carbocycles. The van der Waals surface area contributed by atoms with Gasteiger partial charge < -0.3 is 4.74 Å². The van der Waals surface area contributed by atoms with Crippen molar-refractivity contribution in [2.45, 2.75) is 18.7 Å². The van der Waals surface area contributed by atoms with Gasteiger partial charge in [0.1, 0.15) is 0 Å². The molecule has 0 bridgehead atoms. The van der Waals surface area contributed by atoms with E-state index in [2.05, 4.69) is 15.3 Å². The van der Waals surface area contributed by atoms with E-state index < -0.39 is 0 Å². The molecule has 0 saturated carbocycles. The average Bonchev–Trinajstić information content (AvgIpc) is 2.78. The first-order chi connectivity index (χ1) is 7.88. The van der Waals surface area contributed by atoms with Crippen molar-refractivity contribution < 1.29 is 4.74 Å². The van der Waals surface area contributed by atoms with Crippen molar-refractivity contribution in [2.24, 2.45) is 0 Å². The Bertz CT molecular complexity index is 313. The van der Waals surface area contributed by atoms with Gasteiger partial charge in [-0.3, -0.25) is 4.90 Å². The Morgan fingerprint density at radius 3 is 2.94 bits per heavy atom. The van der Waals surface area contributed by atoms with Gasteiger partial charge in [0.05, 0.1) is 29.8 Å². The maximum absolute atomic E-state index is 5.72. The first-order valence-corrected chi connectivity index (χ1v) is 7.09. The fourth-order valence-electron chi connectivity index (χ4n) is 1.80. The smallest absolute Gasteiger partial charge is 0.0929 e. The van der Waals surface area contributed by atoms with Gasteiger partial charge in [-0.2, -0.15) is 0 Å². The maximum Gasteiger partial charge on any atom is 0.0929 e. The molecule has 0 spiro atoms. The van der Waals surface area contributed by atoms with Crippen LogP contribution in [-0.2, 0) is 17.0 Å². The summed E-state index contributed by atoms with van der Waals surface area (Å²) in [4.78, 5) is 6.91. The van der Waals surface area contributed by atoms with E-state index in [4.69, 9.17) is 16.3 Å². The fourth-order valence-corrected chi connectivity index (χ4v) is 2.87. The highest BCUT2D eigenvalue weighted by Gasteiger charge is 2.09. The number of aromatic nitrogens is 1. The molecule has 2 rings (SSSR count). The third-order valence-electron chi connectivity index (χ3n) is 2.70. The quantitative estimate of drug-likeness (QED) is 0.759. The number of halogens is 1. The van der Waals surface area contributed by atoms with Crippen molar-refractivity contribution >= 4 is 22.9 Å². The molecular formula is C11H17ClN2OS. The predicted molar refractivity (Wildman–Crippen MR) is 67.3 cm³/mol. The van der Waals surface area contributed by atoms with Crippen LogP contribution in [0.3, 0.4) is 0 Å². The summed E-state index contributed by atoms with van der Waals surface area (Å²) < 4.78 is 5.32. The molecule has 90 valence electrons. The predicted octanol–water partition coefficient (Wildman–Crippen LogP) is 2.15. The van der Waals surface area contributed by atoms with Crippen molar-refractivity contribution in [3.05, 3.63) is 16.1 Å². The lowest BCUT2D eigenvalue weighted by Crippen LogP contribution is -2.36. The standard InChI is InChI=1S/C11H17ClN2OS/c12-8-10-9-16-11(13-10)2-1-3-14-4-6-15-7-5-14/h9H,1-8H2. The molecule has 0 amide bonds. The minimum absolute atomic E-state index is 0.528. The second kappa shape index (κ2) is 6.55.